The lowest BCUT2D eigenvalue weighted by atomic mass is 9.76. The van der Waals surface area contributed by atoms with Crippen molar-refractivity contribution in [2.24, 2.45) is 29.1 Å². The molecule has 0 heterocycles. The maximum absolute atomic E-state index is 2.58. The highest BCUT2D eigenvalue weighted by Gasteiger charge is 2.52. The molecule has 0 aromatic carbocycles. The van der Waals surface area contributed by atoms with Gasteiger partial charge in [-0.3, -0.25) is 0 Å². The highest BCUT2D eigenvalue weighted by atomic mass is 14.6. The van der Waals surface area contributed by atoms with Gasteiger partial charge in [0.1, 0.15) is 0 Å². The van der Waals surface area contributed by atoms with E-state index in [-0.39, 0.29) is 0 Å². The summed E-state index contributed by atoms with van der Waals surface area (Å²) in [6, 6.07) is 0. The molecule has 0 aliphatic heterocycles. The smallest absolute Gasteiger partial charge is 0.0292 e. The Kier molecular flexibility index (Phi) is 1.61. The Balaban J connectivity index is 1.92. The Morgan fingerprint density at radius 2 is 2.00 bits per heavy atom. The lowest BCUT2D eigenvalue weighted by Crippen LogP contribution is -2.20. The predicted octanol–water partition coefficient (Wildman–Crippen LogP) is 3.86. The lowest BCUT2D eigenvalue weighted by molar-refractivity contribution is 0.207. The first kappa shape index (κ1) is 8.32. The molecule has 0 heteroatoms. The summed E-state index contributed by atoms with van der Waals surface area (Å²) in [5.74, 6) is 4.38. The monoisotopic (exact) mass is 178 g/mol. The van der Waals surface area contributed by atoms with Gasteiger partial charge in [0, 0.05) is 0 Å². The molecule has 0 amide bonds. The second-order valence-corrected chi connectivity index (χ2v) is 6.44. The van der Waals surface area contributed by atoms with E-state index >= 15 is 0 Å². The van der Waals surface area contributed by atoms with Gasteiger partial charge in [-0.15, -0.1) is 0 Å². The van der Waals surface area contributed by atoms with Gasteiger partial charge in [0.25, 0.3) is 0 Å². The van der Waals surface area contributed by atoms with Crippen molar-refractivity contribution in [2.75, 3.05) is 0 Å². The number of fused-ring (bicyclic) bond motifs is 1. The fourth-order valence-electron chi connectivity index (χ4n) is 4.95. The van der Waals surface area contributed by atoms with Crippen molar-refractivity contribution in [2.45, 2.75) is 52.4 Å². The molecule has 3 aliphatic carbocycles. The van der Waals surface area contributed by atoms with Crippen molar-refractivity contribution in [1.29, 1.82) is 0 Å². The van der Waals surface area contributed by atoms with E-state index in [2.05, 4.69) is 13.8 Å². The van der Waals surface area contributed by atoms with Gasteiger partial charge in [0.2, 0.25) is 0 Å². The standard InChI is InChI=1S/C13H22/c1-9-5-10-7-12-11(6-9)3-4-13(12,2)8-10/h9-12H,3-8H2,1-2H3. The molecule has 0 N–H and O–H groups in total. The van der Waals surface area contributed by atoms with Crippen LogP contribution in [0.4, 0.5) is 0 Å². The lowest BCUT2D eigenvalue weighted by Gasteiger charge is -2.29. The van der Waals surface area contributed by atoms with Crippen LogP contribution in [0.1, 0.15) is 52.4 Å². The Bertz CT molecular complexity index is 220. The van der Waals surface area contributed by atoms with Crippen LogP contribution in [0.15, 0.2) is 0 Å². The predicted molar refractivity (Wildman–Crippen MR) is 55.4 cm³/mol. The van der Waals surface area contributed by atoms with Gasteiger partial charge in [0.05, 0.1) is 0 Å². The summed E-state index contributed by atoms with van der Waals surface area (Å²) in [6.07, 6.45) is 9.35. The summed E-state index contributed by atoms with van der Waals surface area (Å²) in [4.78, 5) is 0. The van der Waals surface area contributed by atoms with E-state index in [0.717, 1.165) is 29.1 Å². The first-order valence-electron chi connectivity index (χ1n) is 6.17. The van der Waals surface area contributed by atoms with Crippen molar-refractivity contribution < 1.29 is 0 Å². The fraction of sp³-hybridized carbons (Fsp3) is 1.00. The second kappa shape index (κ2) is 2.52. The minimum Gasteiger partial charge on any atom is -0.0625 e. The van der Waals surface area contributed by atoms with Crippen molar-refractivity contribution in [1.82, 2.24) is 0 Å². The van der Waals surface area contributed by atoms with E-state index in [9.17, 15) is 0 Å². The molecular formula is C13H22. The zero-order valence-electron chi connectivity index (χ0n) is 9.05. The molecule has 0 saturated heterocycles. The molecule has 5 unspecified atom stereocenters. The molecule has 74 valence electrons. The van der Waals surface area contributed by atoms with Gasteiger partial charge in [-0.1, -0.05) is 13.8 Å². The summed E-state index contributed by atoms with van der Waals surface area (Å²) in [5, 5.41) is 0. The van der Waals surface area contributed by atoms with Crippen LogP contribution < -0.4 is 0 Å². The number of hydrogen-bond acceptors (Lipinski definition) is 0. The maximum atomic E-state index is 2.58. The van der Waals surface area contributed by atoms with E-state index in [1.807, 2.05) is 0 Å². The Morgan fingerprint density at radius 1 is 1.15 bits per heavy atom. The summed E-state index contributed by atoms with van der Waals surface area (Å²) in [6.45, 7) is 5.06. The van der Waals surface area contributed by atoms with E-state index in [1.54, 1.807) is 38.5 Å². The van der Waals surface area contributed by atoms with Crippen LogP contribution in [0.2, 0.25) is 0 Å². The molecule has 5 atom stereocenters. The third kappa shape index (κ3) is 1.10. The number of rotatable bonds is 0. The first-order chi connectivity index (χ1) is 6.17. The molecule has 0 aromatic rings. The van der Waals surface area contributed by atoms with Crippen LogP contribution >= 0.6 is 0 Å². The minimum absolute atomic E-state index is 0.787. The average Bonchev–Trinajstić information content (AvgIpc) is 2.42. The van der Waals surface area contributed by atoms with Gasteiger partial charge in [-0.05, 0) is 67.6 Å². The summed E-state index contributed by atoms with van der Waals surface area (Å²) in [7, 11) is 0. The summed E-state index contributed by atoms with van der Waals surface area (Å²) in [5.41, 5.74) is 0.787. The highest BCUT2D eigenvalue weighted by Crippen LogP contribution is 2.62. The SMILES string of the molecule is CC1CC2CC3C(CCC3(C)C2)C1. The third-order valence-corrected chi connectivity index (χ3v) is 5.33. The summed E-state index contributed by atoms with van der Waals surface area (Å²) < 4.78 is 0. The molecule has 3 saturated carbocycles. The second-order valence-electron chi connectivity index (χ2n) is 6.44. The third-order valence-electron chi connectivity index (χ3n) is 5.33. The number of hydrogen-bond donors (Lipinski definition) is 0. The van der Waals surface area contributed by atoms with E-state index in [1.165, 1.54) is 0 Å². The van der Waals surface area contributed by atoms with Gasteiger partial charge in [-0.2, -0.15) is 0 Å². The first-order valence-corrected chi connectivity index (χ1v) is 6.17. The van der Waals surface area contributed by atoms with Crippen LogP contribution in [-0.4, -0.2) is 0 Å². The van der Waals surface area contributed by atoms with Crippen LogP contribution in [0.25, 0.3) is 0 Å². The quantitative estimate of drug-likeness (QED) is 0.528. The Hall–Kier alpha value is 0. The fourth-order valence-corrected chi connectivity index (χ4v) is 4.95. The zero-order chi connectivity index (χ0) is 9.05. The largest absolute Gasteiger partial charge is 0.0625 e. The van der Waals surface area contributed by atoms with Crippen LogP contribution in [0.3, 0.4) is 0 Å². The Labute approximate surface area is 82.1 Å². The van der Waals surface area contributed by atoms with Crippen molar-refractivity contribution in [3.8, 4) is 0 Å². The van der Waals surface area contributed by atoms with Crippen molar-refractivity contribution in [3.05, 3.63) is 0 Å². The molecule has 2 bridgehead atoms. The van der Waals surface area contributed by atoms with Gasteiger partial charge < -0.3 is 0 Å². The maximum Gasteiger partial charge on any atom is -0.0292 e. The molecule has 0 spiro atoms. The van der Waals surface area contributed by atoms with Gasteiger partial charge in [0.15, 0.2) is 0 Å². The molecule has 13 heavy (non-hydrogen) atoms. The molecular weight excluding hydrogens is 156 g/mol. The van der Waals surface area contributed by atoms with E-state index in [0.29, 0.717) is 0 Å². The average molecular weight is 178 g/mol. The highest BCUT2D eigenvalue weighted by molar-refractivity contribution is 5.02. The topological polar surface area (TPSA) is 0 Å². The Morgan fingerprint density at radius 3 is 2.85 bits per heavy atom. The van der Waals surface area contributed by atoms with Crippen LogP contribution in [-0.2, 0) is 0 Å². The van der Waals surface area contributed by atoms with Gasteiger partial charge >= 0.3 is 0 Å². The molecule has 3 aliphatic rings. The normalized spacial score (nSPS) is 59.5. The van der Waals surface area contributed by atoms with Gasteiger partial charge in [-0.25, -0.2) is 0 Å². The zero-order valence-corrected chi connectivity index (χ0v) is 9.05. The molecule has 3 rings (SSSR count). The molecule has 0 nitrogen and oxygen atoms in total. The van der Waals surface area contributed by atoms with Crippen LogP contribution in [0, 0.1) is 29.1 Å². The van der Waals surface area contributed by atoms with Crippen LogP contribution in [0.5, 0.6) is 0 Å². The van der Waals surface area contributed by atoms with Crippen molar-refractivity contribution in [3.63, 3.8) is 0 Å². The molecule has 0 aromatic heterocycles. The minimum atomic E-state index is 0.787. The van der Waals surface area contributed by atoms with Crippen molar-refractivity contribution >= 4 is 0 Å². The van der Waals surface area contributed by atoms with E-state index in [4.69, 9.17) is 0 Å². The molecule has 0 radical (unpaired) electrons. The van der Waals surface area contributed by atoms with E-state index < -0.39 is 0 Å². The molecule has 3 fully saturated rings. The summed E-state index contributed by atoms with van der Waals surface area (Å²) >= 11 is 0.